The Hall–Kier alpha value is -2.04. The van der Waals surface area contributed by atoms with Crippen LogP contribution in [-0.4, -0.2) is 22.1 Å². The zero-order valence-corrected chi connectivity index (χ0v) is 7.94. The Kier molecular flexibility index (Phi) is 2.53. The van der Waals surface area contributed by atoms with Crippen molar-refractivity contribution < 1.29 is 9.13 Å². The molecule has 0 saturated heterocycles. The molecule has 0 amide bonds. The summed E-state index contributed by atoms with van der Waals surface area (Å²) in [7, 11) is 1.46. The van der Waals surface area contributed by atoms with Gasteiger partial charge in [-0.15, -0.1) is 0 Å². The second-order valence-electron chi connectivity index (χ2n) is 2.73. The monoisotopic (exact) mass is 204 g/mol. The molecule has 0 N–H and O–H groups in total. The molecule has 15 heavy (non-hydrogen) atoms. The molecule has 0 spiro atoms. The summed E-state index contributed by atoms with van der Waals surface area (Å²) in [4.78, 5) is 11.1. The van der Waals surface area contributed by atoms with E-state index < -0.39 is 5.82 Å². The lowest BCUT2D eigenvalue weighted by atomic mass is 10.2. The van der Waals surface area contributed by atoms with Gasteiger partial charge in [0.05, 0.1) is 12.7 Å². The lowest BCUT2D eigenvalue weighted by Crippen LogP contribution is -1.96. The van der Waals surface area contributed by atoms with Gasteiger partial charge in [-0.2, -0.15) is 0 Å². The number of ether oxygens (including phenoxy) is 1. The maximum atomic E-state index is 13.5. The first-order chi connectivity index (χ1) is 7.33. The van der Waals surface area contributed by atoms with Crippen LogP contribution in [0.2, 0.25) is 0 Å². The van der Waals surface area contributed by atoms with Gasteiger partial charge in [0, 0.05) is 0 Å². The summed E-state index contributed by atoms with van der Waals surface area (Å²) in [5, 5.41) is 0. The van der Waals surface area contributed by atoms with Gasteiger partial charge < -0.3 is 4.74 Å². The molecule has 1 radical (unpaired) electrons. The molecule has 0 aliphatic carbocycles. The van der Waals surface area contributed by atoms with Gasteiger partial charge in [-0.1, -0.05) is 6.07 Å². The fourth-order valence-corrected chi connectivity index (χ4v) is 1.23. The number of hydrogen-bond acceptors (Lipinski definition) is 4. The minimum absolute atomic E-state index is 0.208. The summed E-state index contributed by atoms with van der Waals surface area (Å²) >= 11 is 0. The van der Waals surface area contributed by atoms with Crippen LogP contribution in [0.15, 0.2) is 24.5 Å². The lowest BCUT2D eigenvalue weighted by Gasteiger charge is -2.06. The predicted octanol–water partition coefficient (Wildman–Crippen LogP) is 1.49. The molecule has 5 heteroatoms. The average Bonchev–Trinajstić information content (AvgIpc) is 2.29. The van der Waals surface area contributed by atoms with Crippen molar-refractivity contribution in [1.82, 2.24) is 15.0 Å². The molecular formula is C10H7FN3O. The summed E-state index contributed by atoms with van der Waals surface area (Å²) < 4.78 is 18.6. The van der Waals surface area contributed by atoms with Gasteiger partial charge in [0.1, 0.15) is 17.9 Å². The van der Waals surface area contributed by atoms with Gasteiger partial charge in [0.2, 0.25) is 6.33 Å². The SMILES string of the molecule is COc1cccc(F)c1-c1n[c]ncn1. The van der Waals surface area contributed by atoms with Crippen molar-refractivity contribution in [3.05, 3.63) is 36.7 Å². The van der Waals surface area contributed by atoms with Crippen molar-refractivity contribution in [3.8, 4) is 17.1 Å². The Balaban J connectivity index is 2.61. The standard InChI is InChI=1S/C10H7FN3O/c1-15-8-4-2-3-7(11)9(8)10-13-5-12-6-14-10/h2-5H,1H3. The van der Waals surface area contributed by atoms with E-state index in [-0.39, 0.29) is 11.4 Å². The average molecular weight is 204 g/mol. The van der Waals surface area contributed by atoms with Crippen LogP contribution in [0, 0.1) is 12.1 Å². The maximum absolute atomic E-state index is 13.5. The van der Waals surface area contributed by atoms with Crippen LogP contribution in [0.4, 0.5) is 4.39 Å². The lowest BCUT2D eigenvalue weighted by molar-refractivity contribution is 0.413. The largest absolute Gasteiger partial charge is 0.496 e. The van der Waals surface area contributed by atoms with Crippen LogP contribution in [-0.2, 0) is 0 Å². The Morgan fingerprint density at radius 2 is 2.27 bits per heavy atom. The molecule has 2 rings (SSSR count). The Morgan fingerprint density at radius 1 is 1.40 bits per heavy atom. The molecule has 1 aromatic carbocycles. The number of rotatable bonds is 2. The fourth-order valence-electron chi connectivity index (χ4n) is 1.23. The van der Waals surface area contributed by atoms with Gasteiger partial charge in [-0.3, -0.25) is 0 Å². The summed E-state index contributed by atoms with van der Waals surface area (Å²) in [5.41, 5.74) is 0.221. The van der Waals surface area contributed by atoms with Crippen molar-refractivity contribution >= 4 is 0 Å². The molecule has 0 fully saturated rings. The molecule has 2 aromatic rings. The molecule has 1 heterocycles. The summed E-state index contributed by atoms with van der Waals surface area (Å²) in [6.45, 7) is 0. The van der Waals surface area contributed by atoms with Crippen molar-refractivity contribution in [2.45, 2.75) is 0 Å². The number of halogens is 1. The van der Waals surface area contributed by atoms with Crippen LogP contribution in [0.5, 0.6) is 5.75 Å². The second-order valence-corrected chi connectivity index (χ2v) is 2.73. The normalized spacial score (nSPS) is 10.0. The molecule has 0 aliphatic rings. The van der Waals surface area contributed by atoms with Crippen molar-refractivity contribution in [2.24, 2.45) is 0 Å². The first-order valence-electron chi connectivity index (χ1n) is 4.21. The molecule has 0 aliphatic heterocycles. The highest BCUT2D eigenvalue weighted by Gasteiger charge is 2.13. The topological polar surface area (TPSA) is 47.9 Å². The quantitative estimate of drug-likeness (QED) is 0.743. The van der Waals surface area contributed by atoms with Gasteiger partial charge in [0.25, 0.3) is 0 Å². The second kappa shape index (κ2) is 4.00. The van der Waals surface area contributed by atoms with Crippen LogP contribution < -0.4 is 4.74 Å². The highest BCUT2D eigenvalue weighted by Crippen LogP contribution is 2.29. The summed E-state index contributed by atoms with van der Waals surface area (Å²) in [6.07, 6.45) is 3.61. The van der Waals surface area contributed by atoms with Gasteiger partial charge >= 0.3 is 0 Å². The molecule has 0 saturated carbocycles. The molecule has 0 atom stereocenters. The maximum Gasteiger partial charge on any atom is 0.201 e. The number of methoxy groups -OCH3 is 1. The van der Waals surface area contributed by atoms with E-state index in [2.05, 4.69) is 21.3 Å². The number of aromatic nitrogens is 3. The zero-order valence-electron chi connectivity index (χ0n) is 7.94. The van der Waals surface area contributed by atoms with E-state index >= 15 is 0 Å². The van der Waals surface area contributed by atoms with E-state index in [0.717, 1.165) is 0 Å². The van der Waals surface area contributed by atoms with Crippen LogP contribution in [0.25, 0.3) is 11.4 Å². The van der Waals surface area contributed by atoms with E-state index in [1.807, 2.05) is 0 Å². The smallest absolute Gasteiger partial charge is 0.201 e. The number of hydrogen-bond donors (Lipinski definition) is 0. The Bertz CT molecular complexity index is 461. The van der Waals surface area contributed by atoms with Gasteiger partial charge in [0.15, 0.2) is 5.82 Å². The number of nitrogens with zero attached hydrogens (tertiary/aromatic N) is 3. The van der Waals surface area contributed by atoms with Crippen LogP contribution in [0.3, 0.4) is 0 Å². The van der Waals surface area contributed by atoms with Crippen LogP contribution in [0.1, 0.15) is 0 Å². The van der Waals surface area contributed by atoms with E-state index in [1.54, 1.807) is 12.1 Å². The van der Waals surface area contributed by atoms with Gasteiger partial charge in [-0.05, 0) is 12.1 Å². The third-order valence-corrected chi connectivity index (χ3v) is 1.87. The number of benzene rings is 1. The molecule has 0 bridgehead atoms. The van der Waals surface area contributed by atoms with E-state index in [4.69, 9.17) is 4.74 Å². The highest BCUT2D eigenvalue weighted by molar-refractivity contribution is 5.64. The van der Waals surface area contributed by atoms with Crippen LogP contribution >= 0.6 is 0 Å². The van der Waals surface area contributed by atoms with E-state index in [1.165, 1.54) is 19.5 Å². The van der Waals surface area contributed by atoms with Gasteiger partial charge in [-0.25, -0.2) is 19.3 Å². The summed E-state index contributed by atoms with van der Waals surface area (Å²) in [6, 6.07) is 4.52. The van der Waals surface area contributed by atoms with E-state index in [9.17, 15) is 4.39 Å². The minimum Gasteiger partial charge on any atom is -0.496 e. The minimum atomic E-state index is -0.436. The molecule has 4 nitrogen and oxygen atoms in total. The Labute approximate surface area is 85.8 Å². The van der Waals surface area contributed by atoms with E-state index in [0.29, 0.717) is 5.75 Å². The zero-order chi connectivity index (χ0) is 10.7. The molecule has 0 unspecified atom stereocenters. The first-order valence-corrected chi connectivity index (χ1v) is 4.21. The third kappa shape index (κ3) is 1.76. The molecule has 75 valence electrons. The van der Waals surface area contributed by atoms with Crippen molar-refractivity contribution in [3.63, 3.8) is 0 Å². The summed E-state index contributed by atoms with van der Waals surface area (Å²) in [5.74, 6) is 0.156. The van der Waals surface area contributed by atoms with Crippen molar-refractivity contribution in [1.29, 1.82) is 0 Å². The molecular weight excluding hydrogens is 197 g/mol. The predicted molar refractivity (Wildman–Crippen MR) is 50.6 cm³/mol. The fraction of sp³-hybridized carbons (Fsp3) is 0.100. The van der Waals surface area contributed by atoms with Crippen molar-refractivity contribution in [2.75, 3.05) is 7.11 Å². The molecule has 1 aromatic heterocycles. The Morgan fingerprint density at radius 3 is 2.93 bits per heavy atom. The first kappa shape index (κ1) is 9.51. The third-order valence-electron chi connectivity index (χ3n) is 1.87. The highest BCUT2D eigenvalue weighted by atomic mass is 19.1.